The molecule has 1 heterocycles. The standard InChI is InChI=1S/C41H40O7/c42-40(46-28-34-21-11-4-12-22-34)36-24-14-13-23-35(36)29-47-41-39(45-27-33-19-9-3-10-20-33)38(44-26-32-17-7-2-8-18-32)37(48-41)30-43-25-31-15-5-1-6-16-31/h1-24,37-39,41H,25-30H2/t37-,38-,39+,41-/m1/s1. The average molecular weight is 645 g/mol. The van der Waals surface area contributed by atoms with Crippen molar-refractivity contribution in [3.63, 3.8) is 0 Å². The Hall–Kier alpha value is -4.63. The first kappa shape index (κ1) is 33.3. The zero-order valence-electron chi connectivity index (χ0n) is 26.8. The van der Waals surface area contributed by atoms with Crippen molar-refractivity contribution < 1.29 is 33.2 Å². The molecule has 0 radical (unpaired) electrons. The maximum absolute atomic E-state index is 13.1. The molecule has 1 aliphatic rings. The molecule has 7 nitrogen and oxygen atoms in total. The van der Waals surface area contributed by atoms with E-state index < -0.39 is 30.6 Å². The van der Waals surface area contributed by atoms with Crippen LogP contribution in [0.3, 0.4) is 0 Å². The van der Waals surface area contributed by atoms with Crippen LogP contribution in [0.2, 0.25) is 0 Å². The van der Waals surface area contributed by atoms with Crippen LogP contribution in [-0.4, -0.2) is 37.2 Å². The van der Waals surface area contributed by atoms with Gasteiger partial charge in [0.2, 0.25) is 0 Å². The van der Waals surface area contributed by atoms with E-state index in [4.69, 9.17) is 28.4 Å². The highest BCUT2D eigenvalue weighted by Crippen LogP contribution is 2.31. The topological polar surface area (TPSA) is 72.5 Å². The van der Waals surface area contributed by atoms with Crippen LogP contribution in [0.25, 0.3) is 0 Å². The van der Waals surface area contributed by atoms with Gasteiger partial charge in [0.1, 0.15) is 24.9 Å². The van der Waals surface area contributed by atoms with Gasteiger partial charge in [0, 0.05) is 0 Å². The first-order valence-corrected chi connectivity index (χ1v) is 16.2. The monoisotopic (exact) mass is 644 g/mol. The Morgan fingerprint density at radius 3 is 1.56 bits per heavy atom. The Morgan fingerprint density at radius 1 is 0.500 bits per heavy atom. The minimum absolute atomic E-state index is 0.107. The fourth-order valence-electron chi connectivity index (χ4n) is 5.56. The molecule has 6 rings (SSSR count). The van der Waals surface area contributed by atoms with Gasteiger partial charge in [-0.3, -0.25) is 0 Å². The van der Waals surface area contributed by atoms with Crippen molar-refractivity contribution in [2.24, 2.45) is 0 Å². The van der Waals surface area contributed by atoms with Crippen LogP contribution in [0.4, 0.5) is 0 Å². The summed E-state index contributed by atoms with van der Waals surface area (Å²) in [5.41, 5.74) is 5.17. The van der Waals surface area contributed by atoms with Crippen LogP contribution in [0.1, 0.15) is 38.2 Å². The number of esters is 1. The highest BCUT2D eigenvalue weighted by atomic mass is 16.7. The molecule has 4 atom stereocenters. The maximum atomic E-state index is 13.1. The van der Waals surface area contributed by atoms with Crippen LogP contribution in [0.5, 0.6) is 0 Å². The molecule has 5 aromatic rings. The number of carbonyl (C=O) groups is 1. The Balaban J connectivity index is 1.18. The SMILES string of the molecule is O=C(OCc1ccccc1)c1ccccc1CO[C@@H]1O[C@H](COCc2ccccc2)[C@@H](OCc2ccccc2)[C@@H]1OCc1ccccc1. The summed E-state index contributed by atoms with van der Waals surface area (Å²) >= 11 is 0. The quantitative estimate of drug-likeness (QED) is 0.102. The van der Waals surface area contributed by atoms with Crippen molar-refractivity contribution in [1.29, 1.82) is 0 Å². The van der Waals surface area contributed by atoms with Crippen molar-refractivity contribution >= 4 is 5.97 Å². The molecule has 0 spiro atoms. The van der Waals surface area contributed by atoms with E-state index >= 15 is 0 Å². The highest BCUT2D eigenvalue weighted by molar-refractivity contribution is 5.91. The lowest BCUT2D eigenvalue weighted by atomic mass is 10.1. The lowest BCUT2D eigenvalue weighted by Gasteiger charge is -2.25. The fraction of sp³-hybridized carbons (Fsp3) is 0.244. The zero-order chi connectivity index (χ0) is 32.8. The van der Waals surface area contributed by atoms with E-state index in [-0.39, 0.29) is 19.8 Å². The minimum atomic E-state index is -0.784. The molecule has 0 aromatic heterocycles. The number of carbonyl (C=O) groups excluding carboxylic acids is 1. The Bertz CT molecular complexity index is 1670. The molecule has 0 saturated carbocycles. The molecule has 1 aliphatic heterocycles. The third kappa shape index (κ3) is 9.47. The Kier molecular flexibility index (Phi) is 12.1. The Labute approximate surface area is 282 Å². The molecular weight excluding hydrogens is 604 g/mol. The lowest BCUT2D eigenvalue weighted by molar-refractivity contribution is -0.190. The second-order valence-corrected chi connectivity index (χ2v) is 11.6. The largest absolute Gasteiger partial charge is 0.457 e. The van der Waals surface area contributed by atoms with E-state index in [1.807, 2.05) is 140 Å². The Morgan fingerprint density at radius 2 is 0.979 bits per heavy atom. The van der Waals surface area contributed by atoms with Crippen LogP contribution in [0.15, 0.2) is 146 Å². The van der Waals surface area contributed by atoms with E-state index in [2.05, 4.69) is 0 Å². The van der Waals surface area contributed by atoms with Gasteiger partial charge in [-0.05, 0) is 33.9 Å². The first-order valence-electron chi connectivity index (χ1n) is 16.2. The van der Waals surface area contributed by atoms with Gasteiger partial charge >= 0.3 is 5.97 Å². The van der Waals surface area contributed by atoms with Gasteiger partial charge in [0.25, 0.3) is 0 Å². The molecule has 48 heavy (non-hydrogen) atoms. The summed E-state index contributed by atoms with van der Waals surface area (Å²) in [6.45, 7) is 1.72. The van der Waals surface area contributed by atoms with Gasteiger partial charge in [0.15, 0.2) is 6.29 Å². The average Bonchev–Trinajstić information content (AvgIpc) is 3.48. The molecule has 0 N–H and O–H groups in total. The molecule has 1 saturated heterocycles. The second-order valence-electron chi connectivity index (χ2n) is 11.6. The number of ether oxygens (including phenoxy) is 6. The second kappa shape index (κ2) is 17.5. The number of benzene rings is 5. The van der Waals surface area contributed by atoms with Crippen LogP contribution < -0.4 is 0 Å². The molecule has 0 unspecified atom stereocenters. The number of rotatable bonds is 16. The summed E-state index contributed by atoms with van der Waals surface area (Å²) in [5, 5.41) is 0. The third-order valence-electron chi connectivity index (χ3n) is 8.08. The van der Waals surface area contributed by atoms with Crippen LogP contribution >= 0.6 is 0 Å². The van der Waals surface area contributed by atoms with Crippen molar-refractivity contribution in [2.75, 3.05) is 6.61 Å². The summed E-state index contributed by atoms with van der Waals surface area (Å²) in [7, 11) is 0. The highest BCUT2D eigenvalue weighted by Gasteiger charge is 2.47. The summed E-state index contributed by atoms with van der Waals surface area (Å²) < 4.78 is 37.8. The summed E-state index contributed by atoms with van der Waals surface area (Å²) in [6, 6.07) is 46.9. The van der Waals surface area contributed by atoms with Crippen molar-refractivity contribution in [2.45, 2.75) is 57.6 Å². The van der Waals surface area contributed by atoms with Gasteiger partial charge in [-0.1, -0.05) is 140 Å². The van der Waals surface area contributed by atoms with Crippen molar-refractivity contribution in [3.05, 3.63) is 179 Å². The van der Waals surface area contributed by atoms with Gasteiger partial charge < -0.3 is 28.4 Å². The molecule has 1 fully saturated rings. The van der Waals surface area contributed by atoms with E-state index in [0.717, 1.165) is 22.3 Å². The van der Waals surface area contributed by atoms with E-state index in [1.165, 1.54) is 0 Å². The molecule has 7 heteroatoms. The normalized spacial score (nSPS) is 18.8. The van der Waals surface area contributed by atoms with Crippen molar-refractivity contribution in [1.82, 2.24) is 0 Å². The van der Waals surface area contributed by atoms with Crippen LogP contribution in [-0.2, 0) is 61.5 Å². The zero-order valence-corrected chi connectivity index (χ0v) is 26.8. The van der Waals surface area contributed by atoms with E-state index in [1.54, 1.807) is 6.07 Å². The van der Waals surface area contributed by atoms with E-state index in [0.29, 0.717) is 30.9 Å². The predicted octanol–water partition coefficient (Wildman–Crippen LogP) is 7.67. The van der Waals surface area contributed by atoms with Gasteiger partial charge in [-0.25, -0.2) is 4.79 Å². The molecule has 5 aromatic carbocycles. The molecule has 0 bridgehead atoms. The first-order chi connectivity index (χ1) is 23.7. The summed E-state index contributed by atoms with van der Waals surface area (Å²) in [5.74, 6) is -0.418. The van der Waals surface area contributed by atoms with E-state index in [9.17, 15) is 4.79 Å². The van der Waals surface area contributed by atoms with Gasteiger partial charge in [-0.15, -0.1) is 0 Å². The molecule has 0 aliphatic carbocycles. The van der Waals surface area contributed by atoms with Gasteiger partial charge in [-0.2, -0.15) is 0 Å². The maximum Gasteiger partial charge on any atom is 0.338 e. The number of hydrogen-bond acceptors (Lipinski definition) is 7. The van der Waals surface area contributed by atoms with Crippen molar-refractivity contribution in [3.8, 4) is 0 Å². The third-order valence-corrected chi connectivity index (χ3v) is 8.08. The van der Waals surface area contributed by atoms with Crippen LogP contribution in [0, 0.1) is 0 Å². The predicted molar refractivity (Wildman–Crippen MR) is 182 cm³/mol. The smallest absolute Gasteiger partial charge is 0.338 e. The molecule has 0 amide bonds. The minimum Gasteiger partial charge on any atom is -0.457 e. The molecular formula is C41H40O7. The summed E-state index contributed by atoms with van der Waals surface area (Å²) in [6.07, 6.45) is -2.31. The summed E-state index contributed by atoms with van der Waals surface area (Å²) in [4.78, 5) is 13.1. The lowest BCUT2D eigenvalue weighted by Crippen LogP contribution is -2.39. The fourth-order valence-corrected chi connectivity index (χ4v) is 5.56. The molecule has 246 valence electrons. The van der Waals surface area contributed by atoms with Gasteiger partial charge in [0.05, 0.1) is 38.6 Å². The number of hydrogen-bond donors (Lipinski definition) is 0.